The monoisotopic (exact) mass is 340 g/mol. The molecule has 1 heterocycles. The summed E-state index contributed by atoms with van der Waals surface area (Å²) >= 11 is 0. The van der Waals surface area contributed by atoms with Crippen LogP contribution < -0.4 is 10.6 Å². The number of nitrogens with one attached hydrogen (secondary N) is 2. The Labute approximate surface area is 142 Å². The van der Waals surface area contributed by atoms with Crippen LogP contribution in [-0.2, 0) is 6.54 Å². The number of benzene rings is 2. The molecule has 2 aromatic carbocycles. The van der Waals surface area contributed by atoms with Gasteiger partial charge in [-0.3, -0.25) is 4.79 Å². The average molecular weight is 340 g/mol. The molecule has 0 bridgehead atoms. The van der Waals surface area contributed by atoms with Gasteiger partial charge in [-0.25, -0.2) is 18.7 Å². The highest BCUT2D eigenvalue weighted by molar-refractivity contribution is 5.92. The minimum atomic E-state index is -0.455. The predicted molar refractivity (Wildman–Crippen MR) is 89.3 cm³/mol. The van der Waals surface area contributed by atoms with E-state index in [0.29, 0.717) is 17.1 Å². The second kappa shape index (κ2) is 7.48. The Balaban J connectivity index is 1.60. The van der Waals surface area contributed by atoms with Gasteiger partial charge in [0, 0.05) is 17.8 Å². The number of amides is 1. The Morgan fingerprint density at radius 2 is 1.72 bits per heavy atom. The van der Waals surface area contributed by atoms with Gasteiger partial charge in [0.15, 0.2) is 0 Å². The van der Waals surface area contributed by atoms with Gasteiger partial charge in [-0.05, 0) is 30.3 Å². The number of hydrogen-bond donors (Lipinski definition) is 2. The summed E-state index contributed by atoms with van der Waals surface area (Å²) in [4.78, 5) is 20.1. The van der Waals surface area contributed by atoms with E-state index in [2.05, 4.69) is 20.6 Å². The van der Waals surface area contributed by atoms with E-state index in [1.807, 2.05) is 0 Å². The van der Waals surface area contributed by atoms with Gasteiger partial charge in [0.1, 0.15) is 23.1 Å². The lowest BCUT2D eigenvalue weighted by Gasteiger charge is -2.07. The summed E-state index contributed by atoms with van der Waals surface area (Å²) in [5.41, 5.74) is 1.15. The molecule has 3 rings (SSSR count). The van der Waals surface area contributed by atoms with Crippen molar-refractivity contribution in [1.29, 1.82) is 0 Å². The number of rotatable bonds is 5. The second-order valence-electron chi connectivity index (χ2n) is 5.19. The van der Waals surface area contributed by atoms with Crippen molar-refractivity contribution in [3.05, 3.63) is 83.8 Å². The van der Waals surface area contributed by atoms with Crippen LogP contribution in [0.25, 0.3) is 0 Å². The van der Waals surface area contributed by atoms with Crippen LogP contribution in [0.1, 0.15) is 16.1 Å². The smallest absolute Gasteiger partial charge is 0.271 e. The Hall–Kier alpha value is -3.35. The van der Waals surface area contributed by atoms with E-state index in [-0.39, 0.29) is 23.9 Å². The molecular formula is C18H14F2N4O. The average Bonchev–Trinajstić information content (AvgIpc) is 2.63. The maximum absolute atomic E-state index is 13.5. The molecule has 0 radical (unpaired) electrons. The van der Waals surface area contributed by atoms with E-state index in [4.69, 9.17) is 0 Å². The fraction of sp³-hybridized carbons (Fsp3) is 0.0556. The maximum atomic E-state index is 13.5. The van der Waals surface area contributed by atoms with E-state index in [0.717, 1.165) is 0 Å². The Morgan fingerprint density at radius 3 is 2.40 bits per heavy atom. The van der Waals surface area contributed by atoms with Crippen LogP contribution in [0.4, 0.5) is 20.3 Å². The number of carbonyl (C=O) groups excluding carboxylic acids is 1. The molecule has 126 valence electrons. The molecular weight excluding hydrogens is 326 g/mol. The molecule has 0 saturated heterocycles. The summed E-state index contributed by atoms with van der Waals surface area (Å²) < 4.78 is 26.4. The zero-order valence-electron chi connectivity index (χ0n) is 13.0. The van der Waals surface area contributed by atoms with Gasteiger partial charge >= 0.3 is 0 Å². The van der Waals surface area contributed by atoms with Crippen molar-refractivity contribution in [3.63, 3.8) is 0 Å². The van der Waals surface area contributed by atoms with E-state index < -0.39 is 5.91 Å². The standard InChI is InChI=1S/C18H14F2N4O/c19-13-5-7-14(8-6-13)24-17-11-21-16(10-22-17)18(25)23-9-12-3-1-2-4-15(12)20/h1-8,10-11H,9H2,(H,22,24)(H,23,25). The SMILES string of the molecule is O=C(NCc1ccccc1F)c1cnc(Nc2ccc(F)cc2)cn1. The molecule has 25 heavy (non-hydrogen) atoms. The van der Waals surface area contributed by atoms with Crippen molar-refractivity contribution in [2.45, 2.75) is 6.54 Å². The molecule has 0 aliphatic carbocycles. The molecule has 1 amide bonds. The van der Waals surface area contributed by atoms with Gasteiger partial charge in [-0.15, -0.1) is 0 Å². The first-order valence-corrected chi connectivity index (χ1v) is 7.48. The largest absolute Gasteiger partial charge is 0.346 e. The van der Waals surface area contributed by atoms with Crippen molar-refractivity contribution in [2.75, 3.05) is 5.32 Å². The Kier molecular flexibility index (Phi) is 4.94. The third-order valence-electron chi connectivity index (χ3n) is 3.40. The predicted octanol–water partition coefficient (Wildman–Crippen LogP) is 3.43. The van der Waals surface area contributed by atoms with Crippen molar-refractivity contribution >= 4 is 17.4 Å². The topological polar surface area (TPSA) is 66.9 Å². The summed E-state index contributed by atoms with van der Waals surface area (Å²) in [6.45, 7) is 0.0583. The zero-order chi connectivity index (χ0) is 17.6. The fourth-order valence-corrected chi connectivity index (χ4v) is 2.10. The molecule has 0 spiro atoms. The molecule has 5 nitrogen and oxygen atoms in total. The summed E-state index contributed by atoms with van der Waals surface area (Å²) in [6, 6.07) is 12.0. The first-order valence-electron chi connectivity index (χ1n) is 7.48. The number of halogens is 2. The summed E-state index contributed by atoms with van der Waals surface area (Å²) in [5, 5.41) is 5.53. The van der Waals surface area contributed by atoms with Gasteiger partial charge in [-0.1, -0.05) is 18.2 Å². The highest BCUT2D eigenvalue weighted by Gasteiger charge is 2.09. The third kappa shape index (κ3) is 4.35. The van der Waals surface area contributed by atoms with E-state index in [9.17, 15) is 13.6 Å². The highest BCUT2D eigenvalue weighted by atomic mass is 19.1. The first kappa shape index (κ1) is 16.5. The molecule has 0 unspecified atom stereocenters. The molecule has 0 saturated carbocycles. The second-order valence-corrected chi connectivity index (χ2v) is 5.19. The molecule has 2 N–H and O–H groups in total. The summed E-state index contributed by atoms with van der Waals surface area (Å²) in [7, 11) is 0. The van der Waals surface area contributed by atoms with Crippen LogP contribution in [0.2, 0.25) is 0 Å². The van der Waals surface area contributed by atoms with E-state index >= 15 is 0 Å². The molecule has 1 aromatic heterocycles. The van der Waals surface area contributed by atoms with Gasteiger partial charge in [0.2, 0.25) is 0 Å². The van der Waals surface area contributed by atoms with Crippen LogP contribution in [-0.4, -0.2) is 15.9 Å². The summed E-state index contributed by atoms with van der Waals surface area (Å²) in [6.07, 6.45) is 2.70. The number of nitrogens with zero attached hydrogens (tertiary/aromatic N) is 2. The lowest BCUT2D eigenvalue weighted by Crippen LogP contribution is -2.24. The number of hydrogen-bond acceptors (Lipinski definition) is 4. The van der Waals surface area contributed by atoms with E-state index in [1.54, 1.807) is 30.3 Å². The number of carbonyl (C=O) groups is 1. The Morgan fingerprint density at radius 1 is 0.960 bits per heavy atom. The van der Waals surface area contributed by atoms with Gasteiger partial charge in [-0.2, -0.15) is 0 Å². The highest BCUT2D eigenvalue weighted by Crippen LogP contribution is 2.14. The fourth-order valence-electron chi connectivity index (χ4n) is 2.10. The van der Waals surface area contributed by atoms with Crippen LogP contribution in [0, 0.1) is 11.6 Å². The number of aromatic nitrogens is 2. The van der Waals surface area contributed by atoms with Gasteiger partial charge in [0.25, 0.3) is 5.91 Å². The lowest BCUT2D eigenvalue weighted by molar-refractivity contribution is 0.0945. The molecule has 0 aliphatic heterocycles. The van der Waals surface area contributed by atoms with E-state index in [1.165, 1.54) is 30.6 Å². The van der Waals surface area contributed by atoms with Gasteiger partial charge < -0.3 is 10.6 Å². The van der Waals surface area contributed by atoms with Gasteiger partial charge in [0.05, 0.1) is 12.4 Å². The zero-order valence-corrected chi connectivity index (χ0v) is 13.0. The van der Waals surface area contributed by atoms with Crippen molar-refractivity contribution < 1.29 is 13.6 Å². The molecule has 3 aromatic rings. The molecule has 7 heteroatoms. The quantitative estimate of drug-likeness (QED) is 0.747. The van der Waals surface area contributed by atoms with Crippen LogP contribution in [0.3, 0.4) is 0 Å². The molecule has 0 atom stereocenters. The van der Waals surface area contributed by atoms with Crippen molar-refractivity contribution in [2.24, 2.45) is 0 Å². The van der Waals surface area contributed by atoms with Crippen LogP contribution >= 0.6 is 0 Å². The third-order valence-corrected chi connectivity index (χ3v) is 3.40. The molecule has 0 aliphatic rings. The van der Waals surface area contributed by atoms with Crippen LogP contribution in [0.5, 0.6) is 0 Å². The van der Waals surface area contributed by atoms with Crippen LogP contribution in [0.15, 0.2) is 60.9 Å². The first-order chi connectivity index (χ1) is 12.1. The number of anilines is 2. The maximum Gasteiger partial charge on any atom is 0.271 e. The Bertz CT molecular complexity index is 867. The lowest BCUT2D eigenvalue weighted by atomic mass is 10.2. The summed E-state index contributed by atoms with van der Waals surface area (Å²) in [5.74, 6) is -0.757. The van der Waals surface area contributed by atoms with Crippen molar-refractivity contribution in [3.8, 4) is 0 Å². The van der Waals surface area contributed by atoms with Crippen molar-refractivity contribution in [1.82, 2.24) is 15.3 Å². The minimum absolute atomic E-state index is 0.0583. The minimum Gasteiger partial charge on any atom is -0.346 e. The molecule has 0 fully saturated rings. The normalized spacial score (nSPS) is 10.3.